The molecule has 2 aromatic heterocycles. The summed E-state index contributed by atoms with van der Waals surface area (Å²) in [5.41, 5.74) is 4.26. The van der Waals surface area contributed by atoms with E-state index in [4.69, 9.17) is 15.3 Å². The van der Waals surface area contributed by atoms with Crippen molar-refractivity contribution in [3.63, 3.8) is 0 Å². The molecule has 1 saturated heterocycles. The second-order valence-electron chi connectivity index (χ2n) is 8.46. The van der Waals surface area contributed by atoms with Gasteiger partial charge < -0.3 is 20.0 Å². The van der Waals surface area contributed by atoms with E-state index < -0.39 is 5.60 Å². The monoisotopic (exact) mass is 464 g/mol. The molecular weight excluding hydrogens is 436 g/mol. The molecule has 33 heavy (non-hydrogen) atoms. The predicted octanol–water partition coefficient (Wildman–Crippen LogP) is 4.09. The fourth-order valence-corrected chi connectivity index (χ4v) is 4.55. The zero-order chi connectivity index (χ0) is 23.3. The molecule has 0 atom stereocenters. The molecule has 0 amide bonds. The lowest BCUT2D eigenvalue weighted by Crippen LogP contribution is -2.14. The van der Waals surface area contributed by atoms with E-state index in [1.807, 2.05) is 36.5 Å². The summed E-state index contributed by atoms with van der Waals surface area (Å²) in [5, 5.41) is 11.0. The Bertz CT molecular complexity index is 1150. The van der Waals surface area contributed by atoms with Gasteiger partial charge in [0.25, 0.3) is 0 Å². The number of nitrogens with one attached hydrogen (secondary N) is 1. The zero-order valence-corrected chi connectivity index (χ0v) is 19.6. The van der Waals surface area contributed by atoms with Gasteiger partial charge in [-0.1, -0.05) is 24.0 Å². The SMILES string of the molecule is CC(C)(O)C#Cc1cccc(COc2cc(-c3cnc(C4CCOCC4)s3)cnc2NN)c1. The first-order valence-corrected chi connectivity index (χ1v) is 11.7. The van der Waals surface area contributed by atoms with Crippen molar-refractivity contribution in [2.75, 3.05) is 18.6 Å². The van der Waals surface area contributed by atoms with E-state index in [2.05, 4.69) is 27.2 Å². The van der Waals surface area contributed by atoms with Gasteiger partial charge in [-0.25, -0.2) is 15.8 Å². The summed E-state index contributed by atoms with van der Waals surface area (Å²) in [6, 6.07) is 9.65. The van der Waals surface area contributed by atoms with Crippen molar-refractivity contribution in [2.45, 2.75) is 44.8 Å². The summed E-state index contributed by atoms with van der Waals surface area (Å²) >= 11 is 1.69. The number of rotatable bonds is 6. The molecule has 0 unspecified atom stereocenters. The molecule has 4 rings (SSSR count). The molecule has 1 aromatic carbocycles. The van der Waals surface area contributed by atoms with Crippen LogP contribution in [0.5, 0.6) is 5.75 Å². The number of hydrazine groups is 1. The van der Waals surface area contributed by atoms with E-state index in [1.54, 1.807) is 31.4 Å². The second kappa shape index (κ2) is 10.3. The molecule has 1 fully saturated rings. The smallest absolute Gasteiger partial charge is 0.183 e. The molecule has 172 valence electrons. The van der Waals surface area contributed by atoms with Crippen LogP contribution in [0.25, 0.3) is 10.4 Å². The predicted molar refractivity (Wildman–Crippen MR) is 130 cm³/mol. The van der Waals surface area contributed by atoms with Gasteiger partial charge in [0.2, 0.25) is 0 Å². The lowest BCUT2D eigenvalue weighted by molar-refractivity contribution is 0.0853. The highest BCUT2D eigenvalue weighted by molar-refractivity contribution is 7.15. The van der Waals surface area contributed by atoms with Crippen LogP contribution in [0.3, 0.4) is 0 Å². The number of aromatic nitrogens is 2. The van der Waals surface area contributed by atoms with E-state index in [0.717, 1.165) is 52.6 Å². The summed E-state index contributed by atoms with van der Waals surface area (Å²) in [6.07, 6.45) is 5.69. The van der Waals surface area contributed by atoms with E-state index in [0.29, 0.717) is 24.1 Å². The molecule has 7 nitrogen and oxygen atoms in total. The van der Waals surface area contributed by atoms with Gasteiger partial charge in [0.15, 0.2) is 11.6 Å². The van der Waals surface area contributed by atoms with Crippen LogP contribution >= 0.6 is 11.3 Å². The lowest BCUT2D eigenvalue weighted by atomic mass is 10.0. The van der Waals surface area contributed by atoms with Gasteiger partial charge in [0.05, 0.1) is 9.88 Å². The van der Waals surface area contributed by atoms with Crippen LogP contribution in [0.2, 0.25) is 0 Å². The first-order valence-electron chi connectivity index (χ1n) is 10.9. The van der Waals surface area contributed by atoms with Crippen molar-refractivity contribution in [2.24, 2.45) is 5.84 Å². The van der Waals surface area contributed by atoms with Gasteiger partial charge in [0, 0.05) is 42.7 Å². The van der Waals surface area contributed by atoms with Gasteiger partial charge in [-0.15, -0.1) is 11.3 Å². The highest BCUT2D eigenvalue weighted by Crippen LogP contribution is 2.36. The minimum atomic E-state index is -1.04. The summed E-state index contributed by atoms with van der Waals surface area (Å²) in [7, 11) is 0. The number of pyridine rings is 1. The number of nitrogens with zero attached hydrogens (tertiary/aromatic N) is 2. The van der Waals surface area contributed by atoms with Gasteiger partial charge in [-0.3, -0.25) is 0 Å². The molecule has 3 heterocycles. The third-order valence-corrected chi connectivity index (χ3v) is 6.41. The summed E-state index contributed by atoms with van der Waals surface area (Å²) < 4.78 is 11.5. The summed E-state index contributed by atoms with van der Waals surface area (Å²) in [5.74, 6) is 13.0. The average molecular weight is 465 g/mol. The number of hydrogen-bond acceptors (Lipinski definition) is 8. The molecule has 0 spiro atoms. The second-order valence-corrected chi connectivity index (χ2v) is 9.52. The number of aliphatic hydroxyl groups is 1. The van der Waals surface area contributed by atoms with Gasteiger partial charge in [0.1, 0.15) is 12.2 Å². The Hall–Kier alpha value is -2.96. The Labute approximate surface area is 198 Å². The Morgan fingerprint density at radius 3 is 2.82 bits per heavy atom. The van der Waals surface area contributed by atoms with E-state index in [-0.39, 0.29) is 0 Å². The number of hydrogen-bond donors (Lipinski definition) is 3. The maximum atomic E-state index is 9.82. The van der Waals surface area contributed by atoms with Gasteiger partial charge >= 0.3 is 0 Å². The Morgan fingerprint density at radius 2 is 2.06 bits per heavy atom. The molecule has 3 aromatic rings. The van der Waals surface area contributed by atoms with Crippen molar-refractivity contribution in [1.82, 2.24) is 9.97 Å². The van der Waals surface area contributed by atoms with E-state index >= 15 is 0 Å². The number of anilines is 1. The zero-order valence-electron chi connectivity index (χ0n) is 18.8. The molecule has 0 bridgehead atoms. The van der Waals surface area contributed by atoms with E-state index in [9.17, 15) is 5.11 Å². The van der Waals surface area contributed by atoms with Crippen LogP contribution in [0.4, 0.5) is 5.82 Å². The fraction of sp³-hybridized carbons (Fsp3) is 0.360. The first kappa shape index (κ1) is 23.2. The number of nitrogens with two attached hydrogens (primary N) is 1. The van der Waals surface area contributed by atoms with Crippen LogP contribution in [-0.2, 0) is 11.3 Å². The Morgan fingerprint density at radius 1 is 1.24 bits per heavy atom. The van der Waals surface area contributed by atoms with Crippen molar-refractivity contribution in [1.29, 1.82) is 0 Å². The maximum Gasteiger partial charge on any atom is 0.183 e. The van der Waals surface area contributed by atoms with Crippen LogP contribution in [0.15, 0.2) is 42.7 Å². The molecular formula is C25H28N4O3S. The van der Waals surface area contributed by atoms with Crippen molar-refractivity contribution >= 4 is 17.2 Å². The quantitative estimate of drug-likeness (QED) is 0.287. The number of benzene rings is 1. The molecule has 0 radical (unpaired) electrons. The normalized spacial score (nSPS) is 14.4. The highest BCUT2D eigenvalue weighted by Gasteiger charge is 2.20. The first-order chi connectivity index (χ1) is 15.9. The Balaban J connectivity index is 1.50. The molecule has 0 saturated carbocycles. The van der Waals surface area contributed by atoms with Gasteiger partial charge in [-0.05, 0) is 50.5 Å². The summed E-state index contributed by atoms with van der Waals surface area (Å²) in [6.45, 7) is 5.23. The van der Waals surface area contributed by atoms with Crippen LogP contribution in [0, 0.1) is 11.8 Å². The van der Waals surface area contributed by atoms with Crippen LogP contribution in [0.1, 0.15) is 48.7 Å². The molecule has 8 heteroatoms. The molecule has 0 aliphatic carbocycles. The maximum absolute atomic E-state index is 9.82. The third-order valence-electron chi connectivity index (χ3n) is 5.20. The number of nitrogen functional groups attached to an aromatic ring is 1. The minimum absolute atomic E-state index is 0.327. The molecule has 4 N–H and O–H groups in total. The van der Waals surface area contributed by atoms with Gasteiger partial charge in [-0.2, -0.15) is 0 Å². The minimum Gasteiger partial charge on any atom is -0.485 e. The fourth-order valence-electron chi connectivity index (χ4n) is 3.48. The van der Waals surface area contributed by atoms with Crippen molar-refractivity contribution in [3.05, 3.63) is 58.9 Å². The highest BCUT2D eigenvalue weighted by atomic mass is 32.1. The molecule has 1 aliphatic rings. The number of thiazole rings is 1. The average Bonchev–Trinajstić information content (AvgIpc) is 3.32. The lowest BCUT2D eigenvalue weighted by Gasteiger charge is -2.19. The Kier molecular flexibility index (Phi) is 7.26. The number of ether oxygens (including phenoxy) is 2. The topological polar surface area (TPSA) is 103 Å². The van der Waals surface area contributed by atoms with Crippen molar-refractivity contribution < 1.29 is 14.6 Å². The third kappa shape index (κ3) is 6.30. The van der Waals surface area contributed by atoms with Crippen LogP contribution < -0.4 is 16.0 Å². The van der Waals surface area contributed by atoms with Crippen LogP contribution in [-0.4, -0.2) is 33.9 Å². The largest absolute Gasteiger partial charge is 0.485 e. The molecule has 1 aliphatic heterocycles. The van der Waals surface area contributed by atoms with Crippen molar-refractivity contribution in [3.8, 4) is 28.0 Å². The summed E-state index contributed by atoms with van der Waals surface area (Å²) in [4.78, 5) is 10.1. The standard InChI is InChI=1S/C25H28N4O3S/c1-25(2,30)9-6-17-4-3-5-18(12-17)16-32-21-13-20(14-27-23(21)29-26)22-15-28-24(33-22)19-7-10-31-11-8-19/h3-5,12-15,19,30H,7-8,10-11,16,26H2,1-2H3,(H,27,29). The van der Waals surface area contributed by atoms with E-state index in [1.165, 1.54) is 0 Å².